The standard InChI is InChI=1S/C16H20O7/c1-16(2)22-13-12(11(10(18)8-17)21-15(13)23-16)20-14(19)9-6-4-3-5-7-9/h3-7,10-13,15,17-18H,8H2,1-2H3. The summed E-state index contributed by atoms with van der Waals surface area (Å²) in [6.45, 7) is 2.93. The van der Waals surface area contributed by atoms with E-state index in [1.165, 1.54) is 0 Å². The summed E-state index contributed by atoms with van der Waals surface area (Å²) in [6.07, 6.45) is -4.42. The number of benzene rings is 1. The Morgan fingerprint density at radius 3 is 2.65 bits per heavy atom. The van der Waals surface area contributed by atoms with Gasteiger partial charge in [-0.15, -0.1) is 0 Å². The van der Waals surface area contributed by atoms with E-state index in [1.54, 1.807) is 44.2 Å². The van der Waals surface area contributed by atoms with E-state index in [0.29, 0.717) is 5.56 Å². The van der Waals surface area contributed by atoms with Crippen LogP contribution in [0.1, 0.15) is 24.2 Å². The van der Waals surface area contributed by atoms with Crippen LogP contribution in [0.2, 0.25) is 0 Å². The van der Waals surface area contributed by atoms with Gasteiger partial charge in [-0.3, -0.25) is 0 Å². The van der Waals surface area contributed by atoms with Gasteiger partial charge in [0.15, 0.2) is 24.3 Å². The van der Waals surface area contributed by atoms with E-state index in [9.17, 15) is 15.0 Å². The van der Waals surface area contributed by atoms with Gasteiger partial charge in [0.25, 0.3) is 0 Å². The van der Waals surface area contributed by atoms with E-state index in [0.717, 1.165) is 0 Å². The van der Waals surface area contributed by atoms with Crippen LogP contribution in [0.3, 0.4) is 0 Å². The van der Waals surface area contributed by atoms with Crippen LogP contribution in [-0.4, -0.2) is 59.3 Å². The molecule has 0 bridgehead atoms. The molecule has 2 aliphatic heterocycles. The molecule has 2 N–H and O–H groups in total. The van der Waals surface area contributed by atoms with Crippen molar-refractivity contribution in [2.24, 2.45) is 0 Å². The number of aliphatic hydroxyl groups excluding tert-OH is 2. The molecule has 1 aromatic rings. The van der Waals surface area contributed by atoms with Gasteiger partial charge >= 0.3 is 5.97 Å². The van der Waals surface area contributed by atoms with E-state index < -0.39 is 49.1 Å². The zero-order valence-corrected chi connectivity index (χ0v) is 12.9. The van der Waals surface area contributed by atoms with Crippen LogP contribution in [-0.2, 0) is 18.9 Å². The Balaban J connectivity index is 1.79. The first-order valence-corrected chi connectivity index (χ1v) is 7.47. The summed E-state index contributed by atoms with van der Waals surface area (Å²) in [7, 11) is 0. The molecule has 0 aromatic heterocycles. The van der Waals surface area contributed by atoms with Crippen molar-refractivity contribution in [3.63, 3.8) is 0 Å². The number of carbonyl (C=O) groups excluding carboxylic acids is 1. The number of fused-ring (bicyclic) bond motifs is 1. The molecular formula is C16H20O7. The highest BCUT2D eigenvalue weighted by molar-refractivity contribution is 5.89. The molecule has 1 aromatic carbocycles. The minimum Gasteiger partial charge on any atom is -0.453 e. The van der Waals surface area contributed by atoms with E-state index in [4.69, 9.17) is 18.9 Å². The fraction of sp³-hybridized carbons (Fsp3) is 0.562. The van der Waals surface area contributed by atoms with Crippen molar-refractivity contribution in [1.29, 1.82) is 0 Å². The summed E-state index contributed by atoms with van der Waals surface area (Å²) < 4.78 is 22.4. The molecule has 0 saturated carbocycles. The van der Waals surface area contributed by atoms with Crippen molar-refractivity contribution in [3.8, 4) is 0 Å². The van der Waals surface area contributed by atoms with Gasteiger partial charge in [0.2, 0.25) is 0 Å². The van der Waals surface area contributed by atoms with E-state index >= 15 is 0 Å². The molecule has 2 fully saturated rings. The molecule has 0 radical (unpaired) electrons. The molecule has 126 valence electrons. The maximum atomic E-state index is 12.3. The second-order valence-corrected chi connectivity index (χ2v) is 6.06. The monoisotopic (exact) mass is 324 g/mol. The lowest BCUT2D eigenvalue weighted by atomic mass is 10.1. The number of rotatable bonds is 4. The number of hydrogen-bond acceptors (Lipinski definition) is 7. The third kappa shape index (κ3) is 3.24. The second kappa shape index (κ2) is 6.18. The third-order valence-electron chi connectivity index (χ3n) is 3.85. The number of carbonyl (C=O) groups is 1. The predicted octanol–water partition coefficient (Wildman–Crippen LogP) is 0.442. The van der Waals surface area contributed by atoms with Crippen LogP contribution in [0, 0.1) is 0 Å². The molecule has 2 aliphatic rings. The molecule has 7 nitrogen and oxygen atoms in total. The number of hydrogen-bond donors (Lipinski definition) is 2. The average molecular weight is 324 g/mol. The number of aliphatic hydroxyl groups is 2. The van der Waals surface area contributed by atoms with E-state index in [-0.39, 0.29) is 0 Å². The summed E-state index contributed by atoms with van der Waals surface area (Å²) in [5.74, 6) is -1.43. The smallest absolute Gasteiger partial charge is 0.338 e. The Morgan fingerprint density at radius 2 is 2.00 bits per heavy atom. The molecule has 7 heteroatoms. The van der Waals surface area contributed by atoms with Crippen molar-refractivity contribution in [2.45, 2.75) is 50.3 Å². The molecule has 3 rings (SSSR count). The van der Waals surface area contributed by atoms with Crippen LogP contribution in [0.15, 0.2) is 30.3 Å². The Morgan fingerprint density at radius 1 is 1.30 bits per heavy atom. The summed E-state index contributed by atoms with van der Waals surface area (Å²) in [6, 6.07) is 8.50. The quantitative estimate of drug-likeness (QED) is 0.776. The van der Waals surface area contributed by atoms with Crippen molar-refractivity contribution in [2.75, 3.05) is 6.61 Å². The van der Waals surface area contributed by atoms with Gasteiger partial charge < -0.3 is 29.2 Å². The lowest BCUT2D eigenvalue weighted by molar-refractivity contribution is -0.227. The van der Waals surface area contributed by atoms with Crippen molar-refractivity contribution >= 4 is 5.97 Å². The highest BCUT2D eigenvalue weighted by Gasteiger charge is 2.58. The van der Waals surface area contributed by atoms with Gasteiger partial charge in [0.1, 0.15) is 12.2 Å². The highest BCUT2D eigenvalue weighted by Crippen LogP contribution is 2.39. The second-order valence-electron chi connectivity index (χ2n) is 6.06. The fourth-order valence-electron chi connectivity index (χ4n) is 2.82. The molecule has 5 unspecified atom stereocenters. The van der Waals surface area contributed by atoms with Gasteiger partial charge in [-0.2, -0.15) is 0 Å². The average Bonchev–Trinajstić information content (AvgIpc) is 3.00. The maximum absolute atomic E-state index is 12.3. The number of esters is 1. The van der Waals surface area contributed by atoms with Crippen molar-refractivity contribution < 1.29 is 34.0 Å². The minimum absolute atomic E-state index is 0.381. The molecule has 23 heavy (non-hydrogen) atoms. The molecule has 2 saturated heterocycles. The molecule has 5 atom stereocenters. The Hall–Kier alpha value is -1.51. The normalized spacial score (nSPS) is 33.2. The Kier molecular flexibility index (Phi) is 4.39. The number of ether oxygens (including phenoxy) is 4. The highest BCUT2D eigenvalue weighted by atomic mass is 16.8. The summed E-state index contributed by atoms with van der Waals surface area (Å²) in [5.41, 5.74) is 0.381. The Labute approximate surface area is 133 Å². The Bertz CT molecular complexity index is 559. The minimum atomic E-state index is -1.20. The van der Waals surface area contributed by atoms with Crippen molar-refractivity contribution in [3.05, 3.63) is 35.9 Å². The first-order chi connectivity index (χ1) is 10.9. The van der Waals surface area contributed by atoms with Crippen LogP contribution < -0.4 is 0 Å². The fourth-order valence-corrected chi connectivity index (χ4v) is 2.82. The first kappa shape index (κ1) is 16.4. The molecule has 0 aliphatic carbocycles. The van der Waals surface area contributed by atoms with Crippen LogP contribution >= 0.6 is 0 Å². The van der Waals surface area contributed by atoms with Crippen LogP contribution in [0.4, 0.5) is 0 Å². The predicted molar refractivity (Wildman–Crippen MR) is 77.4 cm³/mol. The lowest BCUT2D eigenvalue weighted by Crippen LogP contribution is -2.45. The maximum Gasteiger partial charge on any atom is 0.338 e. The van der Waals surface area contributed by atoms with Gasteiger partial charge in [0.05, 0.1) is 12.2 Å². The SMILES string of the molecule is CC1(C)OC2OC(C(O)CO)C(OC(=O)c3ccccc3)C2O1. The molecule has 0 spiro atoms. The lowest BCUT2D eigenvalue weighted by Gasteiger charge is -2.27. The summed E-state index contributed by atoms with van der Waals surface area (Å²) in [5, 5.41) is 19.1. The zero-order chi connectivity index (χ0) is 16.6. The van der Waals surface area contributed by atoms with Gasteiger partial charge in [0, 0.05) is 0 Å². The molecule has 0 amide bonds. The van der Waals surface area contributed by atoms with Crippen LogP contribution in [0.25, 0.3) is 0 Å². The largest absolute Gasteiger partial charge is 0.453 e. The molecule has 2 heterocycles. The zero-order valence-electron chi connectivity index (χ0n) is 12.9. The molecular weight excluding hydrogens is 304 g/mol. The third-order valence-corrected chi connectivity index (χ3v) is 3.85. The summed E-state index contributed by atoms with van der Waals surface area (Å²) >= 11 is 0. The van der Waals surface area contributed by atoms with E-state index in [1.807, 2.05) is 0 Å². The van der Waals surface area contributed by atoms with Gasteiger partial charge in [-0.1, -0.05) is 18.2 Å². The van der Waals surface area contributed by atoms with Gasteiger partial charge in [-0.25, -0.2) is 4.79 Å². The van der Waals surface area contributed by atoms with E-state index in [2.05, 4.69) is 0 Å². The topological polar surface area (TPSA) is 94.5 Å². The first-order valence-electron chi connectivity index (χ1n) is 7.47. The van der Waals surface area contributed by atoms with Gasteiger partial charge in [-0.05, 0) is 26.0 Å². The van der Waals surface area contributed by atoms with Crippen LogP contribution in [0.5, 0.6) is 0 Å². The summed E-state index contributed by atoms with van der Waals surface area (Å²) in [4.78, 5) is 12.3. The van der Waals surface area contributed by atoms with Crippen molar-refractivity contribution in [1.82, 2.24) is 0 Å².